The van der Waals surface area contributed by atoms with E-state index >= 15 is 0 Å². The van der Waals surface area contributed by atoms with Crippen molar-refractivity contribution in [2.45, 2.75) is 65.0 Å². The van der Waals surface area contributed by atoms with E-state index in [1.807, 2.05) is 56.4 Å². The maximum absolute atomic E-state index is 12.8. The molecule has 1 saturated carbocycles. The molecular formula is C27H32N4O3S. The molecule has 2 heterocycles. The van der Waals surface area contributed by atoms with Crippen LogP contribution in [0.4, 0.5) is 5.82 Å². The lowest BCUT2D eigenvalue weighted by Crippen LogP contribution is -2.49. The van der Waals surface area contributed by atoms with Crippen molar-refractivity contribution in [3.63, 3.8) is 0 Å². The number of hydrogen-bond donors (Lipinski definition) is 3. The molecule has 0 saturated heterocycles. The van der Waals surface area contributed by atoms with Crippen LogP contribution in [0.1, 0.15) is 55.0 Å². The number of thiazole rings is 1. The molecule has 1 aliphatic carbocycles. The lowest BCUT2D eigenvalue weighted by molar-refractivity contribution is -0.144. The monoisotopic (exact) mass is 492 g/mol. The second kappa shape index (κ2) is 11.0. The Hall–Kier alpha value is -3.26. The molecule has 1 fully saturated rings. The van der Waals surface area contributed by atoms with Gasteiger partial charge in [0.2, 0.25) is 5.91 Å². The van der Waals surface area contributed by atoms with E-state index in [4.69, 9.17) is 0 Å². The summed E-state index contributed by atoms with van der Waals surface area (Å²) < 4.78 is 0. The molecule has 184 valence electrons. The Kier molecular flexibility index (Phi) is 7.80. The van der Waals surface area contributed by atoms with Crippen LogP contribution in [0.3, 0.4) is 0 Å². The van der Waals surface area contributed by atoms with Gasteiger partial charge in [0.1, 0.15) is 16.9 Å². The summed E-state index contributed by atoms with van der Waals surface area (Å²) in [4.78, 5) is 34.7. The van der Waals surface area contributed by atoms with Crippen LogP contribution in [0.2, 0.25) is 0 Å². The average Bonchev–Trinajstić information content (AvgIpc) is 3.32. The predicted octanol–water partition coefficient (Wildman–Crippen LogP) is 5.21. The van der Waals surface area contributed by atoms with E-state index in [-0.39, 0.29) is 12.3 Å². The Morgan fingerprint density at radius 3 is 2.54 bits per heavy atom. The van der Waals surface area contributed by atoms with E-state index in [0.717, 1.165) is 64.5 Å². The Morgan fingerprint density at radius 2 is 1.86 bits per heavy atom. The molecule has 0 aliphatic heterocycles. The van der Waals surface area contributed by atoms with Crippen molar-refractivity contribution >= 4 is 29.0 Å². The number of benzene rings is 1. The summed E-state index contributed by atoms with van der Waals surface area (Å²) in [6, 6.07) is 10.8. The molecule has 0 bridgehead atoms. The molecule has 0 spiro atoms. The van der Waals surface area contributed by atoms with Gasteiger partial charge in [-0.1, -0.05) is 50.5 Å². The second-order valence-electron chi connectivity index (χ2n) is 9.59. The third-order valence-electron chi connectivity index (χ3n) is 6.66. The van der Waals surface area contributed by atoms with Crippen LogP contribution in [0, 0.1) is 12.3 Å². The minimum atomic E-state index is -1.01. The highest BCUT2D eigenvalue weighted by Crippen LogP contribution is 2.36. The number of pyridine rings is 1. The van der Waals surface area contributed by atoms with Gasteiger partial charge in [0.25, 0.3) is 0 Å². The third kappa shape index (κ3) is 6.45. The lowest BCUT2D eigenvalue weighted by Gasteiger charge is -2.33. The molecule has 8 heteroatoms. The minimum absolute atomic E-state index is 0.147. The van der Waals surface area contributed by atoms with Crippen LogP contribution in [-0.4, -0.2) is 33.0 Å². The maximum Gasteiger partial charge on any atom is 0.326 e. The standard InChI is InChI=1S/C27H32N4O3S/c1-18-10-13-28-23(14-18)29-16-21-17-30-24(35-21)20-8-6-19(7-9-20)15-22(25(32)33)31-26(34)27(2)11-4-3-5-12-27/h6-10,13-14,17,22H,3-5,11-12,15-16H2,1-2H3,(H,28,29)(H,31,34)(H,32,33). The van der Waals surface area contributed by atoms with E-state index in [1.165, 1.54) is 0 Å². The fraction of sp³-hybridized carbons (Fsp3) is 0.407. The van der Waals surface area contributed by atoms with Gasteiger partial charge >= 0.3 is 5.97 Å². The number of aliphatic carboxylic acids is 1. The molecule has 3 N–H and O–H groups in total. The van der Waals surface area contributed by atoms with Gasteiger partial charge in [-0.2, -0.15) is 0 Å². The summed E-state index contributed by atoms with van der Waals surface area (Å²) in [5, 5.41) is 16.7. The molecule has 35 heavy (non-hydrogen) atoms. The van der Waals surface area contributed by atoms with E-state index in [1.54, 1.807) is 17.5 Å². The number of nitrogens with one attached hydrogen (secondary N) is 2. The van der Waals surface area contributed by atoms with Crippen molar-refractivity contribution in [2.75, 3.05) is 5.32 Å². The highest BCUT2D eigenvalue weighted by molar-refractivity contribution is 7.15. The molecule has 1 aliphatic rings. The number of carbonyl (C=O) groups excluding carboxylic acids is 1. The molecule has 1 atom stereocenters. The first-order chi connectivity index (χ1) is 16.8. The number of anilines is 1. The number of nitrogens with zero attached hydrogens (tertiary/aromatic N) is 2. The van der Waals surface area contributed by atoms with E-state index in [9.17, 15) is 14.7 Å². The Balaban J connectivity index is 1.36. The first-order valence-electron chi connectivity index (χ1n) is 12.1. The van der Waals surface area contributed by atoms with Gasteiger partial charge in [-0.25, -0.2) is 14.8 Å². The van der Waals surface area contributed by atoms with Crippen LogP contribution >= 0.6 is 11.3 Å². The fourth-order valence-corrected chi connectivity index (χ4v) is 5.30. The fourth-order valence-electron chi connectivity index (χ4n) is 4.44. The van der Waals surface area contributed by atoms with Crippen molar-refractivity contribution in [2.24, 2.45) is 5.41 Å². The SMILES string of the molecule is Cc1ccnc(NCc2cnc(-c3ccc(CC(NC(=O)C4(C)CCCCC4)C(=O)O)cc3)s2)c1. The first-order valence-corrected chi connectivity index (χ1v) is 12.9. The van der Waals surface area contributed by atoms with Crippen molar-refractivity contribution < 1.29 is 14.7 Å². The topological polar surface area (TPSA) is 104 Å². The van der Waals surface area contributed by atoms with E-state index < -0.39 is 17.4 Å². The maximum atomic E-state index is 12.8. The first kappa shape index (κ1) is 24.9. The van der Waals surface area contributed by atoms with Gasteiger partial charge in [0.05, 0.1) is 6.54 Å². The van der Waals surface area contributed by atoms with Crippen molar-refractivity contribution in [3.05, 3.63) is 64.8 Å². The number of carboxylic acids is 1. The minimum Gasteiger partial charge on any atom is -0.480 e. The zero-order chi connectivity index (χ0) is 24.8. The second-order valence-corrected chi connectivity index (χ2v) is 10.7. The molecule has 1 aromatic carbocycles. The van der Waals surface area contributed by atoms with Crippen LogP contribution in [0.15, 0.2) is 48.8 Å². The van der Waals surface area contributed by atoms with Crippen molar-refractivity contribution in [3.8, 4) is 10.6 Å². The van der Waals surface area contributed by atoms with Gasteiger partial charge in [-0.3, -0.25) is 4.79 Å². The number of aromatic nitrogens is 2. The van der Waals surface area contributed by atoms with Crippen LogP contribution in [0.5, 0.6) is 0 Å². The Bertz CT molecular complexity index is 1170. The molecule has 4 rings (SSSR count). The highest BCUT2D eigenvalue weighted by atomic mass is 32.1. The van der Waals surface area contributed by atoms with Crippen molar-refractivity contribution in [1.82, 2.24) is 15.3 Å². The quantitative estimate of drug-likeness (QED) is 0.379. The molecule has 2 aromatic heterocycles. The number of carbonyl (C=O) groups is 2. The molecule has 3 aromatic rings. The summed E-state index contributed by atoms with van der Waals surface area (Å²) in [7, 11) is 0. The number of hydrogen-bond acceptors (Lipinski definition) is 6. The third-order valence-corrected chi connectivity index (χ3v) is 7.71. The van der Waals surface area contributed by atoms with Crippen LogP contribution in [-0.2, 0) is 22.6 Å². The lowest BCUT2D eigenvalue weighted by atomic mass is 9.75. The number of rotatable bonds is 9. The molecule has 1 amide bonds. The summed E-state index contributed by atoms with van der Waals surface area (Å²) >= 11 is 1.61. The van der Waals surface area contributed by atoms with Crippen LogP contribution in [0.25, 0.3) is 10.6 Å². The molecule has 0 radical (unpaired) electrons. The Labute approximate surface area is 210 Å². The molecular weight excluding hydrogens is 460 g/mol. The van der Waals surface area contributed by atoms with E-state index in [2.05, 4.69) is 20.6 Å². The zero-order valence-electron chi connectivity index (χ0n) is 20.2. The summed E-state index contributed by atoms with van der Waals surface area (Å²) in [5.41, 5.74) is 2.52. The summed E-state index contributed by atoms with van der Waals surface area (Å²) in [6.07, 6.45) is 8.68. The van der Waals surface area contributed by atoms with Gasteiger partial charge in [0.15, 0.2) is 0 Å². The summed E-state index contributed by atoms with van der Waals surface area (Å²) in [5.74, 6) is -0.324. The smallest absolute Gasteiger partial charge is 0.326 e. The van der Waals surface area contributed by atoms with Gasteiger partial charge < -0.3 is 15.7 Å². The molecule has 1 unspecified atom stereocenters. The zero-order valence-corrected chi connectivity index (χ0v) is 21.0. The van der Waals surface area contributed by atoms with Crippen LogP contribution < -0.4 is 10.6 Å². The Morgan fingerprint density at radius 1 is 1.11 bits per heavy atom. The van der Waals surface area contributed by atoms with Gasteiger partial charge in [-0.05, 0) is 43.0 Å². The predicted molar refractivity (Wildman–Crippen MR) is 138 cm³/mol. The van der Waals surface area contributed by atoms with Gasteiger partial charge in [0, 0.05) is 34.7 Å². The molecule has 7 nitrogen and oxygen atoms in total. The normalized spacial score (nSPS) is 15.8. The van der Waals surface area contributed by atoms with E-state index in [0.29, 0.717) is 6.54 Å². The number of carboxylic acid groups (broad SMARTS) is 1. The van der Waals surface area contributed by atoms with Gasteiger partial charge in [-0.15, -0.1) is 11.3 Å². The average molecular weight is 493 g/mol. The summed E-state index contributed by atoms with van der Waals surface area (Å²) in [6.45, 7) is 4.63. The highest BCUT2D eigenvalue weighted by Gasteiger charge is 2.36. The van der Waals surface area contributed by atoms with Crippen molar-refractivity contribution in [1.29, 1.82) is 0 Å². The number of amides is 1. The largest absolute Gasteiger partial charge is 0.480 e. The number of aryl methyl sites for hydroxylation is 1.